The first-order valence-corrected chi connectivity index (χ1v) is 7.81. The zero-order valence-electron chi connectivity index (χ0n) is 12.5. The number of nitrogens with one attached hydrogen (secondary N) is 1. The molecule has 0 bridgehead atoms. The van der Waals surface area contributed by atoms with E-state index >= 15 is 0 Å². The van der Waals surface area contributed by atoms with E-state index < -0.39 is 0 Å². The van der Waals surface area contributed by atoms with Crippen LogP contribution in [-0.4, -0.2) is 24.4 Å². The Morgan fingerprint density at radius 2 is 2.00 bits per heavy atom. The van der Waals surface area contributed by atoms with Crippen LogP contribution in [0.3, 0.4) is 0 Å². The van der Waals surface area contributed by atoms with Crippen molar-refractivity contribution >= 4 is 33.2 Å². The molecule has 1 aliphatic heterocycles. The van der Waals surface area contributed by atoms with Crippen LogP contribution < -0.4 is 10.1 Å². The van der Waals surface area contributed by atoms with E-state index in [1.54, 1.807) is 7.11 Å². The Hall–Kier alpha value is -0.450. The summed E-state index contributed by atoms with van der Waals surface area (Å²) in [5.41, 5.74) is 0.499. The molecule has 1 N–H and O–H groups in total. The first kappa shape index (κ1) is 15.9. The fourth-order valence-corrected chi connectivity index (χ4v) is 3.82. The smallest absolute Gasteiger partial charge is 0.156 e. The van der Waals surface area contributed by atoms with Gasteiger partial charge in [-0.3, -0.25) is 0 Å². The molecule has 1 unspecified atom stereocenters. The molecule has 5 heteroatoms. The lowest BCUT2D eigenvalue weighted by molar-refractivity contribution is -0.0662. The van der Waals surface area contributed by atoms with E-state index in [1.165, 1.54) is 0 Å². The Morgan fingerprint density at radius 1 is 1.35 bits per heavy atom. The second-order valence-corrected chi connectivity index (χ2v) is 7.63. The van der Waals surface area contributed by atoms with Crippen LogP contribution in [0, 0.1) is 0 Å². The summed E-state index contributed by atoms with van der Waals surface area (Å²) in [6.07, 6.45) is 0.924. The van der Waals surface area contributed by atoms with E-state index in [0.29, 0.717) is 5.02 Å². The molecule has 1 heterocycles. The molecule has 2 rings (SSSR count). The number of rotatable bonds is 3. The van der Waals surface area contributed by atoms with Crippen LogP contribution in [0.4, 0.5) is 5.69 Å². The summed E-state index contributed by atoms with van der Waals surface area (Å²) in [6.45, 7) is 8.43. The van der Waals surface area contributed by atoms with E-state index in [0.717, 1.165) is 22.3 Å². The molecule has 20 heavy (non-hydrogen) atoms. The van der Waals surface area contributed by atoms with Crippen molar-refractivity contribution in [1.29, 1.82) is 0 Å². The maximum Gasteiger partial charge on any atom is 0.156 e. The minimum absolute atomic E-state index is 0.135. The van der Waals surface area contributed by atoms with Gasteiger partial charge in [0.2, 0.25) is 0 Å². The van der Waals surface area contributed by atoms with Crippen LogP contribution in [0.5, 0.6) is 5.75 Å². The number of methoxy groups -OCH3 is 1. The highest BCUT2D eigenvalue weighted by Crippen LogP contribution is 2.42. The molecule has 1 saturated heterocycles. The van der Waals surface area contributed by atoms with E-state index in [4.69, 9.17) is 21.1 Å². The normalized spacial score (nSPS) is 23.6. The van der Waals surface area contributed by atoms with Crippen molar-refractivity contribution in [2.75, 3.05) is 12.4 Å². The maximum absolute atomic E-state index is 6.13. The summed E-state index contributed by atoms with van der Waals surface area (Å²) in [6, 6.07) is 3.90. The molecule has 3 nitrogen and oxygen atoms in total. The lowest BCUT2D eigenvalue weighted by Gasteiger charge is -2.29. The predicted molar refractivity (Wildman–Crippen MR) is 87.0 cm³/mol. The van der Waals surface area contributed by atoms with Gasteiger partial charge in [-0.1, -0.05) is 11.6 Å². The highest BCUT2D eigenvalue weighted by molar-refractivity contribution is 9.10. The molecule has 0 amide bonds. The monoisotopic (exact) mass is 361 g/mol. The first-order chi connectivity index (χ1) is 9.14. The van der Waals surface area contributed by atoms with Gasteiger partial charge in [-0.2, -0.15) is 0 Å². The lowest BCUT2D eigenvalue weighted by Crippen LogP contribution is -2.38. The van der Waals surface area contributed by atoms with Gasteiger partial charge in [0, 0.05) is 5.02 Å². The number of hydrogen-bond donors (Lipinski definition) is 1. The average Bonchev–Trinajstić information content (AvgIpc) is 2.45. The number of anilines is 1. The summed E-state index contributed by atoms with van der Waals surface area (Å²) in [5.74, 6) is 0.759. The third-order valence-corrected chi connectivity index (χ3v) is 4.42. The van der Waals surface area contributed by atoms with Crippen LogP contribution in [0.1, 0.15) is 34.1 Å². The third kappa shape index (κ3) is 3.23. The Bertz CT molecular complexity index is 517. The average molecular weight is 363 g/mol. The van der Waals surface area contributed by atoms with Gasteiger partial charge >= 0.3 is 0 Å². The van der Waals surface area contributed by atoms with E-state index in [9.17, 15) is 0 Å². The molecule has 0 saturated carbocycles. The Morgan fingerprint density at radius 3 is 2.50 bits per heavy atom. The highest BCUT2D eigenvalue weighted by atomic mass is 79.9. The minimum atomic E-state index is -0.247. The zero-order chi connectivity index (χ0) is 15.1. The number of benzene rings is 1. The summed E-state index contributed by atoms with van der Waals surface area (Å²) >= 11 is 9.61. The SMILES string of the molecule is COc1c(Br)cc(Cl)cc1NC1CC(C)(C)OC1(C)C. The second-order valence-electron chi connectivity index (χ2n) is 6.33. The molecule has 1 aromatic rings. The molecule has 0 aliphatic carbocycles. The molecule has 1 aromatic carbocycles. The molecule has 112 valence electrons. The quantitative estimate of drug-likeness (QED) is 0.832. The standard InChI is InChI=1S/C15H21BrClNO2/c1-14(2)8-12(15(3,4)20-14)18-11-7-9(17)6-10(16)13(11)19-5/h6-7,12,18H,8H2,1-5H3. The molecule has 1 atom stereocenters. The summed E-state index contributed by atoms with van der Waals surface area (Å²) in [4.78, 5) is 0. The van der Waals surface area contributed by atoms with Crippen molar-refractivity contribution in [1.82, 2.24) is 0 Å². The van der Waals surface area contributed by atoms with E-state index in [2.05, 4.69) is 48.9 Å². The Kier molecular flexibility index (Phi) is 4.30. The Balaban J connectivity index is 2.31. The van der Waals surface area contributed by atoms with Gasteiger partial charge < -0.3 is 14.8 Å². The van der Waals surface area contributed by atoms with E-state index in [1.807, 2.05) is 12.1 Å². The van der Waals surface area contributed by atoms with Gasteiger partial charge in [0.15, 0.2) is 5.75 Å². The van der Waals surface area contributed by atoms with Gasteiger partial charge in [-0.25, -0.2) is 0 Å². The third-order valence-electron chi connectivity index (χ3n) is 3.62. The fourth-order valence-electron chi connectivity index (χ4n) is 2.85. The summed E-state index contributed by atoms with van der Waals surface area (Å²) < 4.78 is 12.4. The topological polar surface area (TPSA) is 30.5 Å². The van der Waals surface area contributed by atoms with Crippen molar-refractivity contribution < 1.29 is 9.47 Å². The second kappa shape index (κ2) is 5.39. The van der Waals surface area contributed by atoms with Crippen LogP contribution in [0.2, 0.25) is 5.02 Å². The van der Waals surface area contributed by atoms with Crippen LogP contribution in [0.25, 0.3) is 0 Å². The molecular weight excluding hydrogens is 342 g/mol. The van der Waals surface area contributed by atoms with Crippen molar-refractivity contribution in [3.05, 3.63) is 21.6 Å². The number of halogens is 2. The lowest BCUT2D eigenvalue weighted by atomic mass is 9.94. The molecule has 0 spiro atoms. The van der Waals surface area contributed by atoms with E-state index in [-0.39, 0.29) is 17.2 Å². The largest absolute Gasteiger partial charge is 0.493 e. The van der Waals surface area contributed by atoms with Crippen LogP contribution in [0.15, 0.2) is 16.6 Å². The minimum Gasteiger partial charge on any atom is -0.493 e. The van der Waals surface area contributed by atoms with Gasteiger partial charge in [0.05, 0.1) is 34.5 Å². The maximum atomic E-state index is 6.13. The van der Waals surface area contributed by atoms with Gasteiger partial charge in [0.1, 0.15) is 0 Å². The molecule has 0 radical (unpaired) electrons. The number of hydrogen-bond acceptors (Lipinski definition) is 3. The van der Waals surface area contributed by atoms with Crippen molar-refractivity contribution in [3.8, 4) is 5.75 Å². The summed E-state index contributed by atoms with van der Waals surface area (Å²) in [7, 11) is 1.65. The molecular formula is C15H21BrClNO2. The highest BCUT2D eigenvalue weighted by Gasteiger charge is 2.46. The molecule has 1 fully saturated rings. The van der Waals surface area contributed by atoms with Gasteiger partial charge in [0.25, 0.3) is 0 Å². The molecule has 1 aliphatic rings. The fraction of sp³-hybridized carbons (Fsp3) is 0.600. The predicted octanol–water partition coefficient (Wildman–Crippen LogP) is 4.87. The van der Waals surface area contributed by atoms with Crippen molar-refractivity contribution in [3.63, 3.8) is 0 Å². The van der Waals surface area contributed by atoms with Crippen molar-refractivity contribution in [2.24, 2.45) is 0 Å². The van der Waals surface area contributed by atoms with Gasteiger partial charge in [-0.15, -0.1) is 0 Å². The Labute approximate surface area is 134 Å². The van der Waals surface area contributed by atoms with Crippen molar-refractivity contribution in [2.45, 2.75) is 51.4 Å². The molecule has 0 aromatic heterocycles. The first-order valence-electron chi connectivity index (χ1n) is 6.64. The summed E-state index contributed by atoms with van der Waals surface area (Å²) in [5, 5.41) is 4.19. The van der Waals surface area contributed by atoms with Crippen LogP contribution >= 0.6 is 27.5 Å². The zero-order valence-corrected chi connectivity index (χ0v) is 14.9. The van der Waals surface area contributed by atoms with Gasteiger partial charge in [-0.05, 0) is 62.2 Å². The number of ether oxygens (including phenoxy) is 2. The van der Waals surface area contributed by atoms with Crippen LogP contribution in [-0.2, 0) is 4.74 Å².